The molecule has 4 rings (SSSR count). The highest BCUT2D eigenvalue weighted by atomic mass is 19.4. The van der Waals surface area contributed by atoms with Gasteiger partial charge in [-0.15, -0.1) is 0 Å². The van der Waals surface area contributed by atoms with Gasteiger partial charge < -0.3 is 15.5 Å². The van der Waals surface area contributed by atoms with Crippen molar-refractivity contribution in [3.8, 4) is 5.75 Å². The number of aliphatic hydroxyl groups is 1. The molecule has 1 heterocycles. The molecule has 0 amide bonds. The summed E-state index contributed by atoms with van der Waals surface area (Å²) in [5.41, 5.74) is -3.27. The van der Waals surface area contributed by atoms with Gasteiger partial charge in [-0.3, -0.25) is 0 Å². The molecular formula is C23H22F5N3O2. The highest BCUT2D eigenvalue weighted by molar-refractivity contribution is 5.91. The lowest BCUT2D eigenvalue weighted by Gasteiger charge is -2.46. The van der Waals surface area contributed by atoms with Crippen molar-refractivity contribution in [3.05, 3.63) is 59.0 Å². The van der Waals surface area contributed by atoms with Crippen LogP contribution in [0.15, 0.2) is 30.5 Å². The van der Waals surface area contributed by atoms with Crippen molar-refractivity contribution in [1.29, 1.82) is 0 Å². The van der Waals surface area contributed by atoms with Crippen molar-refractivity contribution >= 4 is 16.6 Å². The predicted molar refractivity (Wildman–Crippen MR) is 112 cm³/mol. The van der Waals surface area contributed by atoms with Crippen LogP contribution in [-0.4, -0.2) is 32.0 Å². The van der Waals surface area contributed by atoms with Crippen LogP contribution in [0.1, 0.15) is 55.1 Å². The monoisotopic (exact) mass is 467 g/mol. The minimum atomic E-state index is -5.07. The topological polar surface area (TPSA) is 78.3 Å². The van der Waals surface area contributed by atoms with Crippen LogP contribution in [0, 0.1) is 18.6 Å². The van der Waals surface area contributed by atoms with Gasteiger partial charge in [0.1, 0.15) is 11.6 Å². The molecule has 2 aromatic carbocycles. The zero-order valence-electron chi connectivity index (χ0n) is 17.8. The number of hydrogen-bond donors (Lipinski definition) is 3. The van der Waals surface area contributed by atoms with Crippen LogP contribution in [0.4, 0.5) is 27.6 Å². The number of aromatic nitrogens is 2. The van der Waals surface area contributed by atoms with Crippen molar-refractivity contribution in [2.45, 2.75) is 56.8 Å². The highest BCUT2D eigenvalue weighted by Gasteiger charge is 2.62. The second-order valence-corrected chi connectivity index (χ2v) is 8.39. The van der Waals surface area contributed by atoms with Crippen LogP contribution in [-0.2, 0) is 0 Å². The molecule has 0 bridgehead atoms. The zero-order chi connectivity index (χ0) is 24.1. The lowest BCUT2D eigenvalue weighted by molar-refractivity contribution is -0.273. The van der Waals surface area contributed by atoms with Gasteiger partial charge in [0.15, 0.2) is 17.2 Å². The Morgan fingerprint density at radius 3 is 2.61 bits per heavy atom. The van der Waals surface area contributed by atoms with Gasteiger partial charge in [0.2, 0.25) is 0 Å². The van der Waals surface area contributed by atoms with E-state index in [2.05, 4.69) is 15.3 Å². The Labute approximate surface area is 186 Å². The summed E-state index contributed by atoms with van der Waals surface area (Å²) in [6.45, 7) is 3.33. The molecule has 0 aliphatic heterocycles. The number of nitrogens with one attached hydrogen (secondary N) is 1. The number of fused-ring (bicyclic) bond motifs is 2. The van der Waals surface area contributed by atoms with Gasteiger partial charge >= 0.3 is 6.18 Å². The molecule has 3 aromatic rings. The van der Waals surface area contributed by atoms with Gasteiger partial charge in [-0.2, -0.15) is 13.2 Å². The fraction of sp³-hybridized carbons (Fsp3) is 0.391. The summed E-state index contributed by atoms with van der Waals surface area (Å²) in [4.78, 5) is 8.15. The number of nitrogens with zero attached hydrogens (tertiary/aromatic N) is 2. The lowest BCUT2D eigenvalue weighted by atomic mass is 9.68. The summed E-state index contributed by atoms with van der Waals surface area (Å²) >= 11 is 0. The summed E-state index contributed by atoms with van der Waals surface area (Å²) in [6.07, 6.45) is -3.87. The summed E-state index contributed by atoms with van der Waals surface area (Å²) in [6, 6.07) is 2.23. The summed E-state index contributed by atoms with van der Waals surface area (Å²) in [7, 11) is 0. The third-order valence-electron chi connectivity index (χ3n) is 6.17. The van der Waals surface area contributed by atoms with Crippen molar-refractivity contribution in [2.75, 3.05) is 5.32 Å². The highest BCUT2D eigenvalue weighted by Crippen LogP contribution is 2.55. The Morgan fingerprint density at radius 2 is 1.94 bits per heavy atom. The van der Waals surface area contributed by atoms with Crippen molar-refractivity contribution in [3.63, 3.8) is 0 Å². The Kier molecular flexibility index (Phi) is 5.68. The first-order chi connectivity index (χ1) is 15.5. The molecule has 176 valence electrons. The fourth-order valence-electron chi connectivity index (χ4n) is 4.67. The van der Waals surface area contributed by atoms with Crippen LogP contribution in [0.2, 0.25) is 0 Å². The molecule has 0 radical (unpaired) electrons. The molecule has 0 saturated heterocycles. The van der Waals surface area contributed by atoms with Crippen molar-refractivity contribution < 1.29 is 32.2 Å². The van der Waals surface area contributed by atoms with Gasteiger partial charge in [-0.25, -0.2) is 18.7 Å². The van der Waals surface area contributed by atoms with Crippen LogP contribution in [0.25, 0.3) is 10.9 Å². The van der Waals surface area contributed by atoms with E-state index in [9.17, 15) is 32.2 Å². The number of phenolic OH excluding ortho intramolecular Hbond substituents is 1. The number of halogens is 5. The molecule has 3 N–H and O–H groups in total. The molecule has 0 fully saturated rings. The first-order valence-corrected chi connectivity index (χ1v) is 10.5. The Balaban J connectivity index is 1.94. The molecule has 3 atom stereocenters. The maximum absolute atomic E-state index is 14.3. The van der Waals surface area contributed by atoms with Gasteiger partial charge in [-0.1, -0.05) is 19.4 Å². The molecular weight excluding hydrogens is 445 g/mol. The third-order valence-corrected chi connectivity index (χ3v) is 6.17. The Hall–Kier alpha value is -3.01. The standard InChI is InChI=1S/C23H22F5N3O2/c1-3-4-12-9-22(33,23(26,27)28)21(14-5-6-16(25)20(32)19(12)14)31-18-8-13(24)7-17-15(18)10-29-11(2)30-17/h5-8,10,12,21,31-33H,3-4,9H2,1-2H3/t12-,21+,22-/m1/s1. The number of benzene rings is 2. The van der Waals surface area contributed by atoms with Gasteiger partial charge in [0.25, 0.3) is 0 Å². The molecule has 0 saturated carbocycles. The van der Waals surface area contributed by atoms with Crippen LogP contribution in [0.5, 0.6) is 5.75 Å². The third kappa shape index (κ3) is 3.86. The van der Waals surface area contributed by atoms with Gasteiger partial charge in [0, 0.05) is 28.9 Å². The summed E-state index contributed by atoms with van der Waals surface area (Å²) in [5, 5.41) is 24.3. The van der Waals surface area contributed by atoms with Crippen LogP contribution in [0.3, 0.4) is 0 Å². The summed E-state index contributed by atoms with van der Waals surface area (Å²) < 4.78 is 71.3. The number of aryl methyl sites for hydroxylation is 1. The molecule has 1 aliphatic carbocycles. The van der Waals surface area contributed by atoms with Crippen molar-refractivity contribution in [2.24, 2.45) is 0 Å². The van der Waals surface area contributed by atoms with Crippen LogP contribution >= 0.6 is 0 Å². The molecule has 10 heteroatoms. The van der Waals surface area contributed by atoms with Crippen LogP contribution < -0.4 is 5.32 Å². The number of aromatic hydroxyl groups is 1. The van der Waals surface area contributed by atoms with E-state index in [4.69, 9.17) is 0 Å². The first kappa shape index (κ1) is 23.2. The molecule has 5 nitrogen and oxygen atoms in total. The average Bonchev–Trinajstić information content (AvgIpc) is 2.71. The van der Waals surface area contributed by atoms with E-state index in [0.29, 0.717) is 12.2 Å². The molecule has 1 aromatic heterocycles. The largest absolute Gasteiger partial charge is 0.505 e. The number of anilines is 1. The minimum Gasteiger partial charge on any atom is -0.505 e. The molecule has 0 spiro atoms. The van der Waals surface area contributed by atoms with E-state index in [-0.39, 0.29) is 34.1 Å². The maximum Gasteiger partial charge on any atom is 0.419 e. The number of alkyl halides is 3. The zero-order valence-corrected chi connectivity index (χ0v) is 17.8. The molecule has 0 unspecified atom stereocenters. The molecule has 1 aliphatic rings. The predicted octanol–water partition coefficient (Wildman–Crippen LogP) is 5.66. The average molecular weight is 467 g/mol. The smallest absolute Gasteiger partial charge is 0.419 e. The van der Waals surface area contributed by atoms with Gasteiger partial charge in [-0.05, 0) is 43.4 Å². The van der Waals surface area contributed by atoms with E-state index < -0.39 is 47.5 Å². The number of hydrogen-bond acceptors (Lipinski definition) is 5. The first-order valence-electron chi connectivity index (χ1n) is 10.5. The van der Waals surface area contributed by atoms with E-state index >= 15 is 0 Å². The second kappa shape index (κ2) is 8.09. The molecule has 33 heavy (non-hydrogen) atoms. The lowest BCUT2D eigenvalue weighted by Crippen LogP contribution is -2.55. The maximum atomic E-state index is 14.3. The summed E-state index contributed by atoms with van der Waals surface area (Å²) in [5.74, 6) is -3.05. The van der Waals surface area contributed by atoms with Gasteiger partial charge in [0.05, 0.1) is 11.6 Å². The Morgan fingerprint density at radius 1 is 1.21 bits per heavy atom. The fourth-order valence-corrected chi connectivity index (χ4v) is 4.67. The quantitative estimate of drug-likeness (QED) is 0.432. The number of rotatable bonds is 4. The Bertz CT molecular complexity index is 1210. The number of phenols is 1. The SMILES string of the molecule is CCC[C@@H]1C[C@](O)(C(F)(F)F)[C@@H](Nc2cc(F)cc3nc(C)ncc23)c2ccc(F)c(O)c21. The van der Waals surface area contributed by atoms with Crippen molar-refractivity contribution in [1.82, 2.24) is 9.97 Å². The normalized spacial score (nSPS) is 22.9. The second-order valence-electron chi connectivity index (χ2n) is 8.39. The van der Waals surface area contributed by atoms with E-state index in [1.165, 1.54) is 6.20 Å². The van der Waals surface area contributed by atoms with E-state index in [1.807, 2.05) is 0 Å². The minimum absolute atomic E-state index is 0.0103. The van der Waals surface area contributed by atoms with E-state index in [0.717, 1.165) is 24.3 Å². The van der Waals surface area contributed by atoms with E-state index in [1.54, 1.807) is 13.8 Å².